The van der Waals surface area contributed by atoms with Crippen molar-refractivity contribution in [1.82, 2.24) is 4.90 Å². The zero-order valence-corrected chi connectivity index (χ0v) is 8.16. The van der Waals surface area contributed by atoms with Crippen molar-refractivity contribution in [1.29, 1.82) is 0 Å². The van der Waals surface area contributed by atoms with Crippen LogP contribution >= 0.6 is 0 Å². The Kier molecular flexibility index (Phi) is 4.18. The van der Waals surface area contributed by atoms with Gasteiger partial charge in [-0.25, -0.2) is 0 Å². The Hall–Kier alpha value is -0.610. The van der Waals surface area contributed by atoms with Gasteiger partial charge in [0.25, 0.3) is 0 Å². The molecule has 4 heteroatoms. The van der Waals surface area contributed by atoms with Crippen LogP contribution in [0.1, 0.15) is 19.3 Å². The van der Waals surface area contributed by atoms with Crippen molar-refractivity contribution < 1.29 is 9.53 Å². The maximum atomic E-state index is 11.0. The maximum absolute atomic E-state index is 11.0. The Bertz CT molecular complexity index is 167. The highest BCUT2D eigenvalue weighted by atomic mass is 16.5. The van der Waals surface area contributed by atoms with E-state index in [2.05, 4.69) is 9.64 Å². The van der Waals surface area contributed by atoms with Crippen LogP contribution in [0, 0.1) is 0 Å². The second-order valence-electron chi connectivity index (χ2n) is 3.49. The fourth-order valence-electron chi connectivity index (χ4n) is 1.65. The second kappa shape index (κ2) is 5.19. The SMILES string of the molecule is COC(=O)[C@H](N)CN1CCCCC1. The van der Waals surface area contributed by atoms with Gasteiger partial charge in [0.05, 0.1) is 7.11 Å². The molecule has 1 heterocycles. The van der Waals surface area contributed by atoms with Crippen LogP contribution in [0.3, 0.4) is 0 Å². The Morgan fingerprint density at radius 3 is 2.62 bits per heavy atom. The summed E-state index contributed by atoms with van der Waals surface area (Å²) in [6, 6.07) is -0.483. The summed E-state index contributed by atoms with van der Waals surface area (Å²) in [4.78, 5) is 13.2. The van der Waals surface area contributed by atoms with Crippen molar-refractivity contribution in [2.45, 2.75) is 25.3 Å². The summed E-state index contributed by atoms with van der Waals surface area (Å²) in [5, 5.41) is 0. The highest BCUT2D eigenvalue weighted by Gasteiger charge is 2.19. The number of piperidine rings is 1. The van der Waals surface area contributed by atoms with Crippen molar-refractivity contribution in [2.24, 2.45) is 5.73 Å². The minimum atomic E-state index is -0.483. The fraction of sp³-hybridized carbons (Fsp3) is 0.889. The predicted molar refractivity (Wildman–Crippen MR) is 50.3 cm³/mol. The Morgan fingerprint density at radius 2 is 2.08 bits per heavy atom. The van der Waals surface area contributed by atoms with Crippen molar-refractivity contribution >= 4 is 5.97 Å². The highest BCUT2D eigenvalue weighted by molar-refractivity contribution is 5.75. The topological polar surface area (TPSA) is 55.6 Å². The number of nitrogens with zero attached hydrogens (tertiary/aromatic N) is 1. The smallest absolute Gasteiger partial charge is 0.323 e. The van der Waals surface area contributed by atoms with Gasteiger partial charge in [0, 0.05) is 6.54 Å². The highest BCUT2D eigenvalue weighted by Crippen LogP contribution is 2.08. The molecule has 1 atom stereocenters. The molecule has 0 spiro atoms. The molecule has 1 rings (SSSR count). The number of hydrogen-bond acceptors (Lipinski definition) is 4. The van der Waals surface area contributed by atoms with Crippen LogP contribution in [-0.4, -0.2) is 43.7 Å². The largest absolute Gasteiger partial charge is 0.468 e. The van der Waals surface area contributed by atoms with Gasteiger partial charge in [0.15, 0.2) is 0 Å². The number of methoxy groups -OCH3 is 1. The summed E-state index contributed by atoms with van der Waals surface area (Å²) in [6.45, 7) is 2.75. The van der Waals surface area contributed by atoms with E-state index in [9.17, 15) is 4.79 Å². The summed E-state index contributed by atoms with van der Waals surface area (Å²) in [7, 11) is 1.37. The van der Waals surface area contributed by atoms with E-state index in [0.29, 0.717) is 6.54 Å². The van der Waals surface area contributed by atoms with Gasteiger partial charge in [-0.2, -0.15) is 0 Å². The standard InChI is InChI=1S/C9H18N2O2/c1-13-9(12)8(10)7-11-5-3-2-4-6-11/h8H,2-7,10H2,1H3/t8-/m1/s1. The molecule has 0 amide bonds. The molecule has 0 unspecified atom stereocenters. The number of nitrogens with two attached hydrogens (primary N) is 1. The number of rotatable bonds is 3. The lowest BCUT2D eigenvalue weighted by molar-refractivity contribution is -0.142. The molecule has 0 radical (unpaired) electrons. The maximum Gasteiger partial charge on any atom is 0.323 e. The van der Waals surface area contributed by atoms with Crippen LogP contribution in [0.2, 0.25) is 0 Å². The van der Waals surface area contributed by atoms with E-state index < -0.39 is 6.04 Å². The zero-order valence-electron chi connectivity index (χ0n) is 8.16. The Balaban J connectivity index is 2.25. The molecule has 76 valence electrons. The van der Waals surface area contributed by atoms with Gasteiger partial charge in [-0.3, -0.25) is 4.79 Å². The van der Waals surface area contributed by atoms with Crippen LogP contribution in [0.5, 0.6) is 0 Å². The van der Waals surface area contributed by atoms with E-state index in [-0.39, 0.29) is 5.97 Å². The lowest BCUT2D eigenvalue weighted by Gasteiger charge is -2.27. The summed E-state index contributed by atoms with van der Waals surface area (Å²) in [6.07, 6.45) is 3.73. The molecule has 2 N–H and O–H groups in total. The molecule has 1 aliphatic heterocycles. The number of hydrogen-bond donors (Lipinski definition) is 1. The van der Waals surface area contributed by atoms with Crippen LogP contribution in [0.15, 0.2) is 0 Å². The number of carbonyl (C=O) groups excluding carboxylic acids is 1. The summed E-state index contributed by atoms with van der Waals surface area (Å²) >= 11 is 0. The fourth-order valence-corrected chi connectivity index (χ4v) is 1.65. The lowest BCUT2D eigenvalue weighted by atomic mass is 10.1. The van der Waals surface area contributed by atoms with E-state index in [1.54, 1.807) is 0 Å². The molecule has 4 nitrogen and oxygen atoms in total. The number of ether oxygens (including phenoxy) is 1. The number of carbonyl (C=O) groups is 1. The van der Waals surface area contributed by atoms with Gasteiger partial charge < -0.3 is 15.4 Å². The van der Waals surface area contributed by atoms with Crippen molar-refractivity contribution in [3.8, 4) is 0 Å². The number of esters is 1. The molecule has 1 saturated heterocycles. The molecule has 1 fully saturated rings. The predicted octanol–water partition coefficient (Wildman–Crippen LogP) is -0.0274. The molecule has 0 aromatic carbocycles. The van der Waals surface area contributed by atoms with Gasteiger partial charge in [0.1, 0.15) is 6.04 Å². The molecular weight excluding hydrogens is 168 g/mol. The van der Waals surface area contributed by atoms with Gasteiger partial charge in [0.2, 0.25) is 0 Å². The molecule has 0 saturated carbocycles. The van der Waals surface area contributed by atoms with Crippen molar-refractivity contribution in [2.75, 3.05) is 26.7 Å². The van der Waals surface area contributed by atoms with E-state index in [4.69, 9.17) is 5.73 Å². The average molecular weight is 186 g/mol. The lowest BCUT2D eigenvalue weighted by Crippen LogP contribution is -2.45. The van der Waals surface area contributed by atoms with Gasteiger partial charge in [-0.05, 0) is 25.9 Å². The molecular formula is C9H18N2O2. The van der Waals surface area contributed by atoms with Crippen LogP contribution in [-0.2, 0) is 9.53 Å². The van der Waals surface area contributed by atoms with Gasteiger partial charge in [-0.1, -0.05) is 6.42 Å². The minimum Gasteiger partial charge on any atom is -0.468 e. The molecule has 0 aromatic rings. The minimum absolute atomic E-state index is 0.314. The third kappa shape index (κ3) is 3.32. The van der Waals surface area contributed by atoms with Gasteiger partial charge >= 0.3 is 5.97 Å². The normalized spacial score (nSPS) is 21.1. The van der Waals surface area contributed by atoms with Crippen LogP contribution < -0.4 is 5.73 Å². The summed E-state index contributed by atoms with van der Waals surface area (Å²) in [5.74, 6) is -0.314. The molecule has 0 aliphatic carbocycles. The van der Waals surface area contributed by atoms with E-state index in [1.807, 2.05) is 0 Å². The third-order valence-electron chi connectivity index (χ3n) is 2.41. The first-order valence-corrected chi connectivity index (χ1v) is 4.80. The molecule has 1 aliphatic rings. The van der Waals surface area contributed by atoms with E-state index in [0.717, 1.165) is 13.1 Å². The first kappa shape index (κ1) is 10.5. The zero-order chi connectivity index (χ0) is 9.68. The molecule has 0 aromatic heterocycles. The quantitative estimate of drug-likeness (QED) is 0.629. The van der Waals surface area contributed by atoms with E-state index in [1.165, 1.54) is 26.4 Å². The first-order valence-electron chi connectivity index (χ1n) is 4.80. The van der Waals surface area contributed by atoms with Crippen LogP contribution in [0.25, 0.3) is 0 Å². The van der Waals surface area contributed by atoms with Crippen molar-refractivity contribution in [3.05, 3.63) is 0 Å². The monoisotopic (exact) mass is 186 g/mol. The van der Waals surface area contributed by atoms with Crippen molar-refractivity contribution in [3.63, 3.8) is 0 Å². The Labute approximate surface area is 79.0 Å². The molecule has 0 bridgehead atoms. The second-order valence-corrected chi connectivity index (χ2v) is 3.49. The summed E-state index contributed by atoms with van der Waals surface area (Å²) in [5.41, 5.74) is 5.64. The molecule has 13 heavy (non-hydrogen) atoms. The van der Waals surface area contributed by atoms with Gasteiger partial charge in [-0.15, -0.1) is 0 Å². The number of likely N-dealkylation sites (tertiary alicyclic amines) is 1. The van der Waals surface area contributed by atoms with E-state index >= 15 is 0 Å². The van der Waals surface area contributed by atoms with Crippen LogP contribution in [0.4, 0.5) is 0 Å². The first-order chi connectivity index (χ1) is 6.24. The Morgan fingerprint density at radius 1 is 1.46 bits per heavy atom. The summed E-state index contributed by atoms with van der Waals surface area (Å²) < 4.78 is 4.56. The average Bonchev–Trinajstić information content (AvgIpc) is 2.18. The third-order valence-corrected chi connectivity index (χ3v) is 2.41.